The van der Waals surface area contributed by atoms with Crippen LogP contribution in [0.15, 0.2) is 57.9 Å². The molecule has 0 aromatic heterocycles. The van der Waals surface area contributed by atoms with Gasteiger partial charge in [0.25, 0.3) is 10.0 Å². The number of halogens is 1. The van der Waals surface area contributed by atoms with Crippen LogP contribution in [0.4, 0.5) is 5.69 Å². The molecule has 0 spiro atoms. The van der Waals surface area contributed by atoms with E-state index >= 15 is 0 Å². The first-order valence-electron chi connectivity index (χ1n) is 6.80. The van der Waals surface area contributed by atoms with Gasteiger partial charge in [-0.1, -0.05) is 41.9 Å². The molecule has 0 aliphatic carbocycles. The van der Waals surface area contributed by atoms with Gasteiger partial charge < -0.3 is 0 Å². The molecule has 2 aromatic rings. The molecule has 0 amide bonds. The maximum absolute atomic E-state index is 12.3. The minimum absolute atomic E-state index is 0.275. The highest BCUT2D eigenvalue weighted by atomic mass is 79.9. The summed E-state index contributed by atoms with van der Waals surface area (Å²) in [5, 5.41) is 0. The van der Waals surface area contributed by atoms with Gasteiger partial charge in [0.2, 0.25) is 0 Å². The summed E-state index contributed by atoms with van der Waals surface area (Å²) in [7, 11) is -3.54. The van der Waals surface area contributed by atoms with Crippen molar-refractivity contribution in [3.05, 3.63) is 58.6 Å². The normalized spacial score (nSPS) is 12.9. The second kappa shape index (κ2) is 6.62. The molecule has 5 heteroatoms. The van der Waals surface area contributed by atoms with Crippen molar-refractivity contribution >= 4 is 31.6 Å². The average Bonchev–Trinajstić information content (AvgIpc) is 2.49. The number of sulfonamides is 1. The summed E-state index contributed by atoms with van der Waals surface area (Å²) in [5.74, 6) is 0.432. The molecule has 0 saturated heterocycles. The van der Waals surface area contributed by atoms with Gasteiger partial charge in [0.05, 0.1) is 4.90 Å². The van der Waals surface area contributed by atoms with E-state index in [0.29, 0.717) is 11.6 Å². The third-order valence-corrected chi connectivity index (χ3v) is 5.39. The highest BCUT2D eigenvalue weighted by molar-refractivity contribution is 9.10. The Balaban J connectivity index is 2.21. The van der Waals surface area contributed by atoms with E-state index in [1.54, 1.807) is 36.4 Å². The average molecular weight is 368 g/mol. The van der Waals surface area contributed by atoms with Gasteiger partial charge in [-0.25, -0.2) is 8.42 Å². The fraction of sp³-hybridized carbons (Fsp3) is 0.250. The lowest BCUT2D eigenvalue weighted by atomic mass is 9.99. The van der Waals surface area contributed by atoms with E-state index in [9.17, 15) is 8.42 Å². The van der Waals surface area contributed by atoms with Crippen LogP contribution in [-0.4, -0.2) is 8.42 Å². The number of nitrogens with one attached hydrogen (secondary N) is 1. The van der Waals surface area contributed by atoms with Crippen LogP contribution in [-0.2, 0) is 10.0 Å². The molecule has 0 fully saturated rings. The van der Waals surface area contributed by atoms with Gasteiger partial charge in [0.1, 0.15) is 0 Å². The molecule has 0 heterocycles. The quantitative estimate of drug-likeness (QED) is 0.827. The third-order valence-electron chi connectivity index (χ3n) is 3.47. The van der Waals surface area contributed by atoms with Gasteiger partial charge in [-0.3, -0.25) is 4.72 Å². The Bertz CT molecular complexity index is 694. The van der Waals surface area contributed by atoms with E-state index in [0.717, 1.165) is 16.5 Å². The Morgan fingerprint density at radius 1 is 1.05 bits per heavy atom. The molecule has 0 bridgehead atoms. The summed E-state index contributed by atoms with van der Waals surface area (Å²) in [4.78, 5) is 0.275. The monoisotopic (exact) mass is 367 g/mol. The van der Waals surface area contributed by atoms with Crippen LogP contribution in [0.5, 0.6) is 0 Å². The third kappa shape index (κ3) is 4.08. The molecule has 0 aliphatic heterocycles. The first kappa shape index (κ1) is 16.0. The Morgan fingerprint density at radius 3 is 2.14 bits per heavy atom. The molecule has 2 rings (SSSR count). The van der Waals surface area contributed by atoms with Crippen molar-refractivity contribution in [3.8, 4) is 0 Å². The Hall–Kier alpha value is -1.33. The molecule has 2 aromatic carbocycles. The van der Waals surface area contributed by atoms with Gasteiger partial charge in [0, 0.05) is 10.2 Å². The second-order valence-corrected chi connectivity index (χ2v) is 7.59. The fourth-order valence-electron chi connectivity index (χ4n) is 1.94. The first-order chi connectivity index (χ1) is 9.92. The van der Waals surface area contributed by atoms with Crippen molar-refractivity contribution in [2.45, 2.75) is 31.1 Å². The molecule has 1 atom stereocenters. The summed E-state index contributed by atoms with van der Waals surface area (Å²) in [6.07, 6.45) is 1.03. The van der Waals surface area contributed by atoms with Gasteiger partial charge >= 0.3 is 0 Å². The van der Waals surface area contributed by atoms with E-state index in [2.05, 4.69) is 34.5 Å². The molecule has 0 radical (unpaired) electrons. The fourth-order valence-corrected chi connectivity index (χ4v) is 3.27. The van der Waals surface area contributed by atoms with Crippen LogP contribution in [0, 0.1) is 0 Å². The summed E-state index contributed by atoms with van der Waals surface area (Å²) in [6, 6.07) is 14.1. The molecule has 0 aliphatic rings. The number of rotatable bonds is 5. The molecular weight excluding hydrogens is 350 g/mol. The molecule has 1 N–H and O–H groups in total. The smallest absolute Gasteiger partial charge is 0.261 e. The number of hydrogen-bond acceptors (Lipinski definition) is 2. The topological polar surface area (TPSA) is 46.2 Å². The zero-order chi connectivity index (χ0) is 15.5. The predicted molar refractivity (Wildman–Crippen MR) is 90.1 cm³/mol. The van der Waals surface area contributed by atoms with Crippen LogP contribution >= 0.6 is 15.9 Å². The van der Waals surface area contributed by atoms with E-state index < -0.39 is 10.0 Å². The van der Waals surface area contributed by atoms with Gasteiger partial charge in [0.15, 0.2) is 0 Å². The maximum Gasteiger partial charge on any atom is 0.261 e. The van der Waals surface area contributed by atoms with Gasteiger partial charge in [-0.05, 0) is 54.3 Å². The predicted octanol–water partition coefficient (Wildman–Crippen LogP) is 4.76. The van der Waals surface area contributed by atoms with Crippen LogP contribution in [0.2, 0.25) is 0 Å². The highest BCUT2D eigenvalue weighted by Crippen LogP contribution is 2.22. The lowest BCUT2D eigenvalue weighted by Gasteiger charge is -2.11. The lowest BCUT2D eigenvalue weighted by molar-refractivity contribution is 0.601. The maximum atomic E-state index is 12.3. The minimum Gasteiger partial charge on any atom is -0.280 e. The molecule has 21 heavy (non-hydrogen) atoms. The molecule has 112 valence electrons. The van der Waals surface area contributed by atoms with Crippen molar-refractivity contribution in [1.29, 1.82) is 0 Å². The van der Waals surface area contributed by atoms with Crippen LogP contribution in [0.1, 0.15) is 31.7 Å². The van der Waals surface area contributed by atoms with Crippen molar-refractivity contribution in [1.82, 2.24) is 0 Å². The summed E-state index contributed by atoms with van der Waals surface area (Å²) >= 11 is 3.32. The Kier molecular flexibility index (Phi) is 5.06. The number of anilines is 1. The second-order valence-electron chi connectivity index (χ2n) is 4.99. The summed E-state index contributed by atoms with van der Waals surface area (Å²) in [5.41, 5.74) is 1.70. The Labute approximate surface area is 134 Å². The first-order valence-corrected chi connectivity index (χ1v) is 9.08. The number of benzene rings is 2. The Morgan fingerprint density at radius 2 is 1.62 bits per heavy atom. The molecular formula is C16H18BrNO2S. The highest BCUT2D eigenvalue weighted by Gasteiger charge is 2.14. The van der Waals surface area contributed by atoms with Crippen LogP contribution < -0.4 is 4.72 Å². The number of hydrogen-bond donors (Lipinski definition) is 1. The van der Waals surface area contributed by atoms with E-state index in [1.165, 1.54) is 0 Å². The standard InChI is InChI=1S/C16H18BrNO2S/c1-3-12(2)13-4-10-16(11-5-13)21(19,20)18-15-8-6-14(17)7-9-15/h4-12,18H,3H2,1-2H3. The largest absolute Gasteiger partial charge is 0.280 e. The minimum atomic E-state index is -3.54. The summed E-state index contributed by atoms with van der Waals surface area (Å²) in [6.45, 7) is 4.24. The van der Waals surface area contributed by atoms with Crippen molar-refractivity contribution in [3.63, 3.8) is 0 Å². The zero-order valence-corrected chi connectivity index (χ0v) is 14.4. The molecule has 0 saturated carbocycles. The lowest BCUT2D eigenvalue weighted by Crippen LogP contribution is -2.12. The van der Waals surface area contributed by atoms with Crippen LogP contribution in [0.25, 0.3) is 0 Å². The van der Waals surface area contributed by atoms with Crippen molar-refractivity contribution in [2.24, 2.45) is 0 Å². The molecule has 3 nitrogen and oxygen atoms in total. The summed E-state index contributed by atoms with van der Waals surface area (Å²) < 4.78 is 28.1. The van der Waals surface area contributed by atoms with Gasteiger partial charge in [-0.2, -0.15) is 0 Å². The SMILES string of the molecule is CCC(C)c1ccc(S(=O)(=O)Nc2ccc(Br)cc2)cc1. The van der Waals surface area contributed by atoms with E-state index in [1.807, 2.05) is 12.1 Å². The van der Waals surface area contributed by atoms with E-state index in [-0.39, 0.29) is 4.90 Å². The zero-order valence-electron chi connectivity index (χ0n) is 12.0. The molecule has 1 unspecified atom stereocenters. The van der Waals surface area contributed by atoms with Crippen LogP contribution in [0.3, 0.4) is 0 Å². The van der Waals surface area contributed by atoms with Crippen molar-refractivity contribution in [2.75, 3.05) is 4.72 Å². The van der Waals surface area contributed by atoms with E-state index in [4.69, 9.17) is 0 Å². The van der Waals surface area contributed by atoms with Gasteiger partial charge in [-0.15, -0.1) is 0 Å². The van der Waals surface area contributed by atoms with Crippen molar-refractivity contribution < 1.29 is 8.42 Å².